The number of benzene rings is 1. The van der Waals surface area contributed by atoms with Gasteiger partial charge in [-0.15, -0.1) is 0 Å². The van der Waals surface area contributed by atoms with Crippen molar-refractivity contribution >= 4 is 27.7 Å². The summed E-state index contributed by atoms with van der Waals surface area (Å²) in [5.41, 5.74) is 1.68. The molecule has 2 rings (SSSR count). The Morgan fingerprint density at radius 3 is 2.81 bits per heavy atom. The summed E-state index contributed by atoms with van der Waals surface area (Å²) in [6, 6.07) is 5.36. The first-order valence-corrected chi connectivity index (χ1v) is 5.20. The summed E-state index contributed by atoms with van der Waals surface area (Å²) < 4.78 is 5.46. The van der Waals surface area contributed by atoms with Crippen LogP contribution in [0.5, 0.6) is 0 Å². The van der Waals surface area contributed by atoms with Gasteiger partial charge in [0.15, 0.2) is 0 Å². The number of ether oxygens (including phenoxy) is 1. The minimum atomic E-state index is -0.535. The fourth-order valence-electron chi connectivity index (χ4n) is 1.65. The molecule has 1 aromatic carbocycles. The molecule has 0 atom stereocenters. The Labute approximate surface area is 124 Å². The van der Waals surface area contributed by atoms with Crippen molar-refractivity contribution in [3.63, 3.8) is 0 Å². The summed E-state index contributed by atoms with van der Waals surface area (Å²) in [5, 5.41) is 11.8. The topological polar surface area (TPSA) is 49.4 Å². The molecular weight excluding hydrogens is 283 g/mol. The molecule has 0 spiro atoms. The van der Waals surface area contributed by atoms with Crippen LogP contribution in [-0.2, 0) is 16.0 Å². The van der Waals surface area contributed by atoms with Crippen molar-refractivity contribution < 1.29 is 44.2 Å². The van der Waals surface area contributed by atoms with Crippen molar-refractivity contribution in [2.75, 3.05) is 7.11 Å². The van der Waals surface area contributed by atoms with E-state index in [9.17, 15) is 9.90 Å². The fraction of sp³-hybridized carbons (Fsp3) is 0.182. The van der Waals surface area contributed by atoms with E-state index in [0.717, 1.165) is 10.0 Å². The Bertz CT molecular complexity index is 468. The van der Waals surface area contributed by atoms with E-state index in [1.807, 2.05) is 6.07 Å². The smallest absolute Gasteiger partial charge is 0.872 e. The van der Waals surface area contributed by atoms with Gasteiger partial charge in [-0.3, -0.25) is 0 Å². The zero-order chi connectivity index (χ0) is 11.0. The number of halogens is 1. The number of methoxy groups -OCH3 is 1. The molecule has 1 aliphatic rings. The molecule has 1 aromatic rings. The molecule has 5 heteroatoms. The van der Waals surface area contributed by atoms with Gasteiger partial charge < -0.3 is 9.84 Å². The molecule has 78 valence electrons. The Balaban J connectivity index is 0.00000128. The molecular formula is C11H8BrNaO3. The van der Waals surface area contributed by atoms with Crippen molar-refractivity contribution in [1.29, 1.82) is 0 Å². The third kappa shape index (κ3) is 2.35. The minimum Gasteiger partial charge on any atom is -0.872 e. The number of fused-ring (bicyclic) bond motifs is 1. The zero-order valence-corrected chi connectivity index (χ0v) is 12.6. The first-order chi connectivity index (χ1) is 7.13. The van der Waals surface area contributed by atoms with Crippen LogP contribution in [0, 0.1) is 0 Å². The molecule has 1 aliphatic carbocycles. The van der Waals surface area contributed by atoms with E-state index < -0.39 is 5.97 Å². The summed E-state index contributed by atoms with van der Waals surface area (Å²) in [7, 11) is 1.28. The zero-order valence-electron chi connectivity index (χ0n) is 9.04. The fourth-order valence-corrected chi connectivity index (χ4v) is 2.06. The van der Waals surface area contributed by atoms with E-state index in [1.54, 1.807) is 12.1 Å². The van der Waals surface area contributed by atoms with Crippen LogP contribution in [0.4, 0.5) is 0 Å². The van der Waals surface area contributed by atoms with Crippen LogP contribution >= 0.6 is 15.9 Å². The first kappa shape index (κ1) is 13.8. The minimum absolute atomic E-state index is 0. The van der Waals surface area contributed by atoms with Gasteiger partial charge in [0.05, 0.1) is 7.11 Å². The molecule has 0 fully saturated rings. The van der Waals surface area contributed by atoms with Gasteiger partial charge >= 0.3 is 35.5 Å². The number of esters is 1. The van der Waals surface area contributed by atoms with Gasteiger partial charge in [-0.2, -0.15) is 0 Å². The van der Waals surface area contributed by atoms with Crippen LogP contribution in [0.3, 0.4) is 0 Å². The summed E-state index contributed by atoms with van der Waals surface area (Å²) >= 11 is 3.32. The molecule has 0 saturated heterocycles. The molecule has 0 N–H and O–H groups in total. The molecule has 0 radical (unpaired) electrons. The molecule has 0 aromatic heterocycles. The first-order valence-electron chi connectivity index (χ1n) is 4.40. The van der Waals surface area contributed by atoms with Crippen LogP contribution in [-0.4, -0.2) is 13.1 Å². The van der Waals surface area contributed by atoms with E-state index in [1.165, 1.54) is 7.11 Å². The third-order valence-corrected chi connectivity index (χ3v) is 2.88. The van der Waals surface area contributed by atoms with Crippen LogP contribution in [0.2, 0.25) is 0 Å². The van der Waals surface area contributed by atoms with Crippen LogP contribution in [0.15, 0.2) is 28.2 Å². The molecule has 0 heterocycles. The molecule has 16 heavy (non-hydrogen) atoms. The second kappa shape index (κ2) is 5.36. The van der Waals surface area contributed by atoms with Gasteiger partial charge in [0.25, 0.3) is 0 Å². The number of carbonyl (C=O) groups excluding carboxylic acids is 1. The molecule has 0 bridgehead atoms. The molecule has 0 aliphatic heterocycles. The van der Waals surface area contributed by atoms with Crippen LogP contribution in [0.25, 0.3) is 5.76 Å². The largest absolute Gasteiger partial charge is 1.00 e. The molecule has 0 amide bonds. The monoisotopic (exact) mass is 290 g/mol. The summed E-state index contributed by atoms with van der Waals surface area (Å²) in [5.74, 6) is -0.753. The van der Waals surface area contributed by atoms with Crippen LogP contribution < -0.4 is 34.7 Å². The number of hydrogen-bond donors (Lipinski definition) is 0. The predicted molar refractivity (Wildman–Crippen MR) is 56.8 cm³/mol. The van der Waals surface area contributed by atoms with Crippen molar-refractivity contribution in [3.8, 4) is 0 Å². The third-order valence-electron chi connectivity index (χ3n) is 2.39. The average Bonchev–Trinajstić information content (AvgIpc) is 2.54. The van der Waals surface area contributed by atoms with Gasteiger partial charge in [-0.25, -0.2) is 4.79 Å². The summed E-state index contributed by atoms with van der Waals surface area (Å²) in [4.78, 5) is 11.3. The molecule has 3 nitrogen and oxygen atoms in total. The second-order valence-electron chi connectivity index (χ2n) is 3.28. The average molecular weight is 291 g/mol. The van der Waals surface area contributed by atoms with E-state index in [2.05, 4.69) is 20.7 Å². The Kier molecular flexibility index (Phi) is 4.62. The predicted octanol–water partition coefficient (Wildman–Crippen LogP) is -1.75. The maximum atomic E-state index is 11.8. The Morgan fingerprint density at radius 1 is 1.50 bits per heavy atom. The van der Waals surface area contributed by atoms with Crippen molar-refractivity contribution in [2.45, 2.75) is 6.42 Å². The van der Waals surface area contributed by atoms with E-state index in [-0.39, 0.29) is 40.9 Å². The summed E-state index contributed by atoms with van der Waals surface area (Å²) in [6.45, 7) is 0. The quantitative estimate of drug-likeness (QED) is 0.456. The van der Waals surface area contributed by atoms with Gasteiger partial charge in [0, 0.05) is 16.5 Å². The number of rotatable bonds is 1. The molecule has 0 saturated carbocycles. The van der Waals surface area contributed by atoms with Gasteiger partial charge in [-0.05, 0) is 23.3 Å². The van der Waals surface area contributed by atoms with Gasteiger partial charge in [0.2, 0.25) is 0 Å². The van der Waals surface area contributed by atoms with Crippen molar-refractivity contribution in [2.24, 2.45) is 0 Å². The normalized spacial score (nSPS) is 13.1. The summed E-state index contributed by atoms with van der Waals surface area (Å²) in [6.07, 6.45) is 0.361. The Hall–Kier alpha value is -0.290. The van der Waals surface area contributed by atoms with Crippen molar-refractivity contribution in [3.05, 3.63) is 39.4 Å². The van der Waals surface area contributed by atoms with E-state index >= 15 is 0 Å². The maximum absolute atomic E-state index is 11.8. The Morgan fingerprint density at radius 2 is 2.19 bits per heavy atom. The van der Waals surface area contributed by atoms with Crippen LogP contribution in [0.1, 0.15) is 11.1 Å². The van der Waals surface area contributed by atoms with E-state index in [0.29, 0.717) is 12.0 Å². The SMILES string of the molecule is COC(=O)C1=C([O-])c2ccc(Br)cc2C1.[Na+]. The van der Waals surface area contributed by atoms with E-state index in [4.69, 9.17) is 0 Å². The maximum Gasteiger partial charge on any atom is 1.00 e. The standard InChI is InChI=1S/C11H9BrO3.Na/c1-15-11(14)9-5-6-4-7(12)2-3-8(6)10(9)13;/h2-4,13H,5H2,1H3;/q;+1/p-1. The van der Waals surface area contributed by atoms with Crippen molar-refractivity contribution in [1.82, 2.24) is 0 Å². The van der Waals surface area contributed by atoms with Gasteiger partial charge in [-0.1, -0.05) is 27.8 Å². The number of hydrogen-bond acceptors (Lipinski definition) is 3. The number of carbonyl (C=O) groups is 1. The molecule has 0 unspecified atom stereocenters. The second-order valence-corrected chi connectivity index (χ2v) is 4.19. The van der Waals surface area contributed by atoms with Gasteiger partial charge in [0.1, 0.15) is 0 Å².